The minimum atomic E-state index is 0.160. The summed E-state index contributed by atoms with van der Waals surface area (Å²) in [5.74, 6) is 0. The second kappa shape index (κ2) is 3.93. The SMILES string of the molecule is OCCc1c[nH]c2cc(Cl)c(Br)cc12. The molecule has 0 unspecified atom stereocenters. The zero-order valence-electron chi connectivity index (χ0n) is 7.35. The Bertz CT molecular complexity index is 466. The molecule has 1 heterocycles. The highest BCUT2D eigenvalue weighted by Crippen LogP contribution is 2.29. The maximum absolute atomic E-state index is 8.87. The number of halogens is 2. The average Bonchev–Trinajstić information content (AvgIpc) is 2.51. The molecule has 0 saturated heterocycles. The molecule has 0 radical (unpaired) electrons. The summed E-state index contributed by atoms with van der Waals surface area (Å²) >= 11 is 9.34. The molecule has 4 heteroatoms. The highest BCUT2D eigenvalue weighted by molar-refractivity contribution is 9.10. The third-order valence-corrected chi connectivity index (χ3v) is 3.39. The molecule has 74 valence electrons. The summed E-state index contributed by atoms with van der Waals surface area (Å²) in [6, 6.07) is 3.85. The first-order chi connectivity index (χ1) is 6.72. The van der Waals surface area contributed by atoms with E-state index in [-0.39, 0.29) is 6.61 Å². The van der Waals surface area contributed by atoms with Crippen LogP contribution in [0.1, 0.15) is 5.56 Å². The van der Waals surface area contributed by atoms with Crippen molar-refractivity contribution in [2.24, 2.45) is 0 Å². The number of H-pyrrole nitrogens is 1. The fourth-order valence-electron chi connectivity index (χ4n) is 1.50. The predicted octanol–water partition coefficient (Wildman–Crippen LogP) is 3.12. The second-order valence-corrected chi connectivity index (χ2v) is 4.36. The van der Waals surface area contributed by atoms with Crippen LogP contribution in [0.4, 0.5) is 0 Å². The number of benzene rings is 1. The van der Waals surface area contributed by atoms with Gasteiger partial charge in [0.2, 0.25) is 0 Å². The van der Waals surface area contributed by atoms with Crippen molar-refractivity contribution in [1.29, 1.82) is 0 Å². The highest BCUT2D eigenvalue weighted by atomic mass is 79.9. The summed E-state index contributed by atoms with van der Waals surface area (Å²) in [6.45, 7) is 0.160. The molecule has 1 aromatic carbocycles. The molecule has 2 rings (SSSR count). The number of aromatic amines is 1. The van der Waals surface area contributed by atoms with Crippen LogP contribution in [0.15, 0.2) is 22.8 Å². The van der Waals surface area contributed by atoms with Crippen molar-refractivity contribution < 1.29 is 5.11 Å². The molecular formula is C10H9BrClNO. The van der Waals surface area contributed by atoms with Gasteiger partial charge in [0.15, 0.2) is 0 Å². The van der Waals surface area contributed by atoms with E-state index in [1.807, 2.05) is 18.3 Å². The predicted molar refractivity (Wildman–Crippen MR) is 61.8 cm³/mol. The lowest BCUT2D eigenvalue weighted by atomic mass is 10.1. The lowest BCUT2D eigenvalue weighted by molar-refractivity contribution is 0.300. The molecule has 0 aliphatic rings. The Labute approximate surface area is 95.0 Å². The topological polar surface area (TPSA) is 36.0 Å². The Morgan fingerprint density at radius 2 is 2.21 bits per heavy atom. The van der Waals surface area contributed by atoms with Gasteiger partial charge in [0.05, 0.1) is 5.02 Å². The molecule has 2 nitrogen and oxygen atoms in total. The first kappa shape index (κ1) is 10.0. The number of hydrogen-bond donors (Lipinski definition) is 2. The van der Waals surface area contributed by atoms with E-state index in [2.05, 4.69) is 20.9 Å². The van der Waals surface area contributed by atoms with Crippen molar-refractivity contribution >= 4 is 38.4 Å². The van der Waals surface area contributed by atoms with Gasteiger partial charge in [-0.05, 0) is 40.0 Å². The van der Waals surface area contributed by atoms with Crippen LogP contribution in [0.5, 0.6) is 0 Å². The Kier molecular flexibility index (Phi) is 2.81. The monoisotopic (exact) mass is 273 g/mol. The zero-order valence-corrected chi connectivity index (χ0v) is 9.69. The summed E-state index contributed by atoms with van der Waals surface area (Å²) in [7, 11) is 0. The molecule has 2 N–H and O–H groups in total. The van der Waals surface area contributed by atoms with E-state index in [1.165, 1.54) is 0 Å². The van der Waals surface area contributed by atoms with E-state index in [0.29, 0.717) is 11.4 Å². The van der Waals surface area contributed by atoms with Crippen LogP contribution in [-0.2, 0) is 6.42 Å². The third-order valence-electron chi connectivity index (χ3n) is 2.19. The van der Waals surface area contributed by atoms with Crippen molar-refractivity contribution in [3.8, 4) is 0 Å². The van der Waals surface area contributed by atoms with Gasteiger partial charge in [0, 0.05) is 28.2 Å². The lowest BCUT2D eigenvalue weighted by Gasteiger charge is -1.98. The fourth-order valence-corrected chi connectivity index (χ4v) is 2.01. The molecule has 2 aromatic rings. The number of fused-ring (bicyclic) bond motifs is 1. The molecule has 14 heavy (non-hydrogen) atoms. The standard InChI is InChI=1S/C10H9BrClNO/c11-8-3-7-6(1-2-14)5-13-10(7)4-9(8)12/h3-5,13-14H,1-2H2. The third kappa shape index (κ3) is 1.67. The van der Waals surface area contributed by atoms with Gasteiger partial charge in [-0.1, -0.05) is 11.6 Å². The van der Waals surface area contributed by atoms with Crippen molar-refractivity contribution in [3.05, 3.63) is 33.4 Å². The number of hydrogen-bond acceptors (Lipinski definition) is 1. The summed E-state index contributed by atoms with van der Waals surface area (Å²) in [5, 5.41) is 10.7. The van der Waals surface area contributed by atoms with Gasteiger partial charge in [0.1, 0.15) is 0 Å². The Morgan fingerprint density at radius 3 is 2.93 bits per heavy atom. The van der Waals surface area contributed by atoms with Crippen LogP contribution >= 0.6 is 27.5 Å². The summed E-state index contributed by atoms with van der Waals surface area (Å²) in [5.41, 5.74) is 2.11. The lowest BCUT2D eigenvalue weighted by Crippen LogP contribution is -1.88. The maximum Gasteiger partial charge on any atom is 0.0569 e. The molecular weight excluding hydrogens is 265 g/mol. The van der Waals surface area contributed by atoms with E-state index < -0.39 is 0 Å². The number of aliphatic hydroxyl groups excluding tert-OH is 1. The van der Waals surface area contributed by atoms with Gasteiger partial charge in [0.25, 0.3) is 0 Å². The van der Waals surface area contributed by atoms with Crippen molar-refractivity contribution in [2.45, 2.75) is 6.42 Å². The average molecular weight is 275 g/mol. The summed E-state index contributed by atoms with van der Waals surface area (Å²) in [6.07, 6.45) is 2.57. The molecule has 0 bridgehead atoms. The first-order valence-electron chi connectivity index (χ1n) is 4.28. The Balaban J connectivity index is 2.61. The van der Waals surface area contributed by atoms with Crippen molar-refractivity contribution in [2.75, 3.05) is 6.61 Å². The number of aliphatic hydroxyl groups is 1. The molecule has 0 fully saturated rings. The van der Waals surface area contributed by atoms with E-state index in [9.17, 15) is 0 Å². The Morgan fingerprint density at radius 1 is 1.43 bits per heavy atom. The highest BCUT2D eigenvalue weighted by Gasteiger charge is 2.06. The molecule has 0 amide bonds. The van der Waals surface area contributed by atoms with Gasteiger partial charge >= 0.3 is 0 Å². The Hall–Kier alpha value is -0.510. The maximum atomic E-state index is 8.87. The van der Waals surface area contributed by atoms with Gasteiger partial charge in [-0.2, -0.15) is 0 Å². The van der Waals surface area contributed by atoms with Crippen LogP contribution in [0.2, 0.25) is 5.02 Å². The molecule has 0 spiro atoms. The molecule has 0 aliphatic carbocycles. The van der Waals surface area contributed by atoms with Crippen LogP contribution in [-0.4, -0.2) is 16.7 Å². The second-order valence-electron chi connectivity index (χ2n) is 3.10. The van der Waals surface area contributed by atoms with E-state index in [4.69, 9.17) is 16.7 Å². The first-order valence-corrected chi connectivity index (χ1v) is 5.45. The fraction of sp³-hybridized carbons (Fsp3) is 0.200. The summed E-state index contributed by atoms with van der Waals surface area (Å²) < 4.78 is 0.880. The zero-order chi connectivity index (χ0) is 10.1. The summed E-state index contributed by atoms with van der Waals surface area (Å²) in [4.78, 5) is 3.12. The minimum Gasteiger partial charge on any atom is -0.396 e. The molecule has 0 saturated carbocycles. The van der Waals surface area contributed by atoms with Gasteiger partial charge in [-0.25, -0.2) is 0 Å². The van der Waals surface area contributed by atoms with Gasteiger partial charge < -0.3 is 10.1 Å². The van der Waals surface area contributed by atoms with Crippen LogP contribution in [0.3, 0.4) is 0 Å². The van der Waals surface area contributed by atoms with Gasteiger partial charge in [-0.3, -0.25) is 0 Å². The quantitative estimate of drug-likeness (QED) is 0.867. The smallest absolute Gasteiger partial charge is 0.0569 e. The van der Waals surface area contributed by atoms with Gasteiger partial charge in [-0.15, -0.1) is 0 Å². The minimum absolute atomic E-state index is 0.160. The number of rotatable bonds is 2. The van der Waals surface area contributed by atoms with E-state index in [0.717, 1.165) is 20.9 Å². The van der Waals surface area contributed by atoms with E-state index in [1.54, 1.807) is 0 Å². The normalized spacial score (nSPS) is 11.1. The van der Waals surface area contributed by atoms with Crippen LogP contribution in [0.25, 0.3) is 10.9 Å². The van der Waals surface area contributed by atoms with Crippen LogP contribution in [0, 0.1) is 0 Å². The van der Waals surface area contributed by atoms with Crippen molar-refractivity contribution in [1.82, 2.24) is 4.98 Å². The van der Waals surface area contributed by atoms with Crippen molar-refractivity contribution in [3.63, 3.8) is 0 Å². The molecule has 1 aromatic heterocycles. The number of aromatic nitrogens is 1. The van der Waals surface area contributed by atoms with Crippen LogP contribution < -0.4 is 0 Å². The number of nitrogens with one attached hydrogen (secondary N) is 1. The molecule has 0 atom stereocenters. The molecule has 0 aliphatic heterocycles. The van der Waals surface area contributed by atoms with E-state index >= 15 is 0 Å². The largest absolute Gasteiger partial charge is 0.396 e.